The topological polar surface area (TPSA) is 46.2 Å². The molecule has 0 atom stereocenters. The lowest BCUT2D eigenvalue weighted by Crippen LogP contribution is -2.13. The molecule has 0 spiro atoms. The van der Waals surface area contributed by atoms with Crippen LogP contribution in [-0.2, 0) is 4.79 Å². The average molecular weight is 374 g/mol. The number of carbonyl (C=O) groups is 2. The Morgan fingerprint density at radius 1 is 0.913 bits per heavy atom. The van der Waals surface area contributed by atoms with Gasteiger partial charge >= 0.3 is 0 Å². The number of benzene rings is 2. The second kappa shape index (κ2) is 7.55. The van der Waals surface area contributed by atoms with Crippen LogP contribution in [0.25, 0.3) is 0 Å². The van der Waals surface area contributed by atoms with Crippen LogP contribution in [0.5, 0.6) is 0 Å². The van der Waals surface area contributed by atoms with Crippen molar-refractivity contribution in [2.45, 2.75) is 33.6 Å². The Balaban J connectivity index is 1.91. The molecule has 0 saturated heterocycles. The Labute approximate surface area is 145 Å². The quantitative estimate of drug-likeness (QED) is 0.751. The number of Topliss-reactive ketones (excluding diaryl/α,β-unsaturated/α-hetero) is 1. The van der Waals surface area contributed by atoms with Crippen LogP contribution < -0.4 is 5.32 Å². The molecular weight excluding hydrogens is 354 g/mol. The first-order valence-electron chi connectivity index (χ1n) is 7.53. The summed E-state index contributed by atoms with van der Waals surface area (Å²) in [5, 5.41) is 2.83. The number of hydrogen-bond acceptors (Lipinski definition) is 2. The highest BCUT2D eigenvalue weighted by molar-refractivity contribution is 9.10. The van der Waals surface area contributed by atoms with Gasteiger partial charge in [0, 0.05) is 28.6 Å². The van der Waals surface area contributed by atoms with E-state index >= 15 is 0 Å². The van der Waals surface area contributed by atoms with E-state index in [4.69, 9.17) is 0 Å². The second-order valence-electron chi connectivity index (χ2n) is 5.73. The first kappa shape index (κ1) is 17.4. The van der Waals surface area contributed by atoms with Crippen LogP contribution >= 0.6 is 15.9 Å². The molecule has 0 aromatic heterocycles. The third-order valence-electron chi connectivity index (χ3n) is 3.85. The zero-order valence-electron chi connectivity index (χ0n) is 13.6. The van der Waals surface area contributed by atoms with Crippen molar-refractivity contribution in [1.29, 1.82) is 0 Å². The zero-order chi connectivity index (χ0) is 17.0. The van der Waals surface area contributed by atoms with Gasteiger partial charge in [-0.3, -0.25) is 9.59 Å². The van der Waals surface area contributed by atoms with Crippen LogP contribution in [0.1, 0.15) is 39.9 Å². The van der Waals surface area contributed by atoms with Crippen molar-refractivity contribution < 1.29 is 9.59 Å². The monoisotopic (exact) mass is 373 g/mol. The number of amides is 1. The zero-order valence-corrected chi connectivity index (χ0v) is 15.2. The van der Waals surface area contributed by atoms with Gasteiger partial charge in [0.2, 0.25) is 5.91 Å². The number of hydrogen-bond donors (Lipinski definition) is 1. The highest BCUT2D eigenvalue weighted by Crippen LogP contribution is 2.20. The molecule has 3 nitrogen and oxygen atoms in total. The molecule has 0 radical (unpaired) electrons. The van der Waals surface area contributed by atoms with Gasteiger partial charge in [-0.05, 0) is 61.7 Å². The molecule has 4 heteroatoms. The van der Waals surface area contributed by atoms with Crippen molar-refractivity contribution in [2.75, 3.05) is 5.32 Å². The Bertz CT molecular complexity index is 753. The molecule has 120 valence electrons. The van der Waals surface area contributed by atoms with E-state index < -0.39 is 0 Å². The average Bonchev–Trinajstić information content (AvgIpc) is 2.51. The second-order valence-corrected chi connectivity index (χ2v) is 6.59. The van der Waals surface area contributed by atoms with Gasteiger partial charge in [-0.1, -0.05) is 28.1 Å². The number of carbonyl (C=O) groups excluding carboxylic acids is 2. The van der Waals surface area contributed by atoms with Gasteiger partial charge in [0.05, 0.1) is 0 Å². The number of nitrogens with one attached hydrogen (secondary N) is 1. The minimum absolute atomic E-state index is 0.00441. The molecule has 2 aromatic rings. The van der Waals surface area contributed by atoms with Crippen molar-refractivity contribution in [2.24, 2.45) is 0 Å². The van der Waals surface area contributed by atoms with Crippen LogP contribution in [0.15, 0.2) is 40.9 Å². The molecule has 0 aliphatic rings. The van der Waals surface area contributed by atoms with Gasteiger partial charge in [0.25, 0.3) is 0 Å². The maximum Gasteiger partial charge on any atom is 0.224 e. The fourth-order valence-corrected chi connectivity index (χ4v) is 2.48. The maximum atomic E-state index is 12.2. The fourth-order valence-electron chi connectivity index (χ4n) is 2.23. The highest BCUT2D eigenvalue weighted by atomic mass is 79.9. The van der Waals surface area contributed by atoms with E-state index in [-0.39, 0.29) is 24.5 Å². The van der Waals surface area contributed by atoms with Crippen LogP contribution in [0.2, 0.25) is 0 Å². The minimum atomic E-state index is -0.149. The first-order valence-corrected chi connectivity index (χ1v) is 8.32. The predicted molar refractivity (Wildman–Crippen MR) is 97.0 cm³/mol. The summed E-state index contributed by atoms with van der Waals surface area (Å²) < 4.78 is 1.00. The minimum Gasteiger partial charge on any atom is -0.326 e. The number of anilines is 1. The molecule has 0 unspecified atom stereocenters. The van der Waals surface area contributed by atoms with Crippen LogP contribution in [-0.4, -0.2) is 11.7 Å². The smallest absolute Gasteiger partial charge is 0.224 e. The fraction of sp³-hybridized carbons (Fsp3) is 0.263. The maximum absolute atomic E-state index is 12.2. The summed E-state index contributed by atoms with van der Waals surface area (Å²) in [7, 11) is 0. The van der Waals surface area contributed by atoms with E-state index in [1.165, 1.54) is 0 Å². The van der Waals surface area contributed by atoms with E-state index in [0.717, 1.165) is 26.9 Å². The summed E-state index contributed by atoms with van der Waals surface area (Å²) >= 11 is 3.42. The normalized spacial score (nSPS) is 10.4. The standard InChI is InChI=1S/C19H20BrNO2/c1-12-4-5-15(10-13(12)2)18(22)8-9-19(23)21-16-6-7-17(20)14(3)11-16/h4-7,10-11H,8-9H2,1-3H3,(H,21,23). The Kier molecular flexibility index (Phi) is 5.72. The molecule has 2 aromatic carbocycles. The molecule has 0 saturated carbocycles. The Morgan fingerprint density at radius 2 is 1.65 bits per heavy atom. The van der Waals surface area contributed by atoms with Gasteiger partial charge in [-0.25, -0.2) is 0 Å². The van der Waals surface area contributed by atoms with Crippen molar-refractivity contribution >= 4 is 33.3 Å². The predicted octanol–water partition coefficient (Wildman–Crippen LogP) is 4.98. The summed E-state index contributed by atoms with van der Waals surface area (Å²) in [6.07, 6.45) is 0.394. The third-order valence-corrected chi connectivity index (χ3v) is 4.74. The lowest BCUT2D eigenvalue weighted by Gasteiger charge is -2.07. The molecule has 1 amide bonds. The van der Waals surface area contributed by atoms with Crippen LogP contribution in [0.3, 0.4) is 0 Å². The van der Waals surface area contributed by atoms with E-state index in [1.807, 2.05) is 57.2 Å². The van der Waals surface area contributed by atoms with E-state index in [9.17, 15) is 9.59 Å². The number of ketones is 1. The van der Waals surface area contributed by atoms with E-state index in [0.29, 0.717) is 5.56 Å². The summed E-state index contributed by atoms with van der Waals surface area (Å²) in [6, 6.07) is 11.3. The van der Waals surface area contributed by atoms with Crippen molar-refractivity contribution in [1.82, 2.24) is 0 Å². The Hall–Kier alpha value is -1.94. The van der Waals surface area contributed by atoms with E-state index in [2.05, 4.69) is 21.2 Å². The van der Waals surface area contributed by atoms with E-state index in [1.54, 1.807) is 0 Å². The summed E-state index contributed by atoms with van der Waals surface area (Å²) in [5.74, 6) is -0.154. The lowest BCUT2D eigenvalue weighted by molar-refractivity contribution is -0.116. The number of halogens is 1. The molecule has 0 aliphatic carbocycles. The SMILES string of the molecule is Cc1ccc(C(=O)CCC(=O)Nc2ccc(Br)c(C)c2)cc1C. The van der Waals surface area contributed by atoms with Gasteiger partial charge in [0.15, 0.2) is 5.78 Å². The van der Waals surface area contributed by atoms with Crippen molar-refractivity contribution in [3.05, 3.63) is 63.1 Å². The molecular formula is C19H20BrNO2. The number of aryl methyl sites for hydroxylation is 3. The molecule has 1 N–H and O–H groups in total. The molecule has 2 rings (SSSR count). The summed E-state index contributed by atoms with van der Waals surface area (Å²) in [4.78, 5) is 24.2. The third kappa shape index (κ3) is 4.76. The molecule has 0 fully saturated rings. The van der Waals surface area contributed by atoms with Crippen LogP contribution in [0.4, 0.5) is 5.69 Å². The molecule has 0 bridgehead atoms. The Morgan fingerprint density at radius 3 is 2.30 bits per heavy atom. The van der Waals surface area contributed by atoms with Crippen LogP contribution in [0, 0.1) is 20.8 Å². The molecule has 0 aliphatic heterocycles. The largest absolute Gasteiger partial charge is 0.326 e. The highest BCUT2D eigenvalue weighted by Gasteiger charge is 2.10. The first-order chi connectivity index (χ1) is 10.9. The van der Waals surface area contributed by atoms with Gasteiger partial charge in [-0.15, -0.1) is 0 Å². The molecule has 23 heavy (non-hydrogen) atoms. The molecule has 0 heterocycles. The summed E-state index contributed by atoms with van der Waals surface area (Å²) in [5.41, 5.74) is 4.71. The lowest BCUT2D eigenvalue weighted by atomic mass is 10.0. The van der Waals surface area contributed by atoms with Crippen molar-refractivity contribution in [3.63, 3.8) is 0 Å². The van der Waals surface area contributed by atoms with Gasteiger partial charge < -0.3 is 5.32 Å². The van der Waals surface area contributed by atoms with Gasteiger partial charge in [-0.2, -0.15) is 0 Å². The van der Waals surface area contributed by atoms with Crippen molar-refractivity contribution in [3.8, 4) is 0 Å². The number of rotatable bonds is 5. The summed E-state index contributed by atoms with van der Waals surface area (Å²) in [6.45, 7) is 5.95. The van der Waals surface area contributed by atoms with Gasteiger partial charge in [0.1, 0.15) is 0 Å².